The van der Waals surface area contributed by atoms with E-state index in [4.69, 9.17) is 4.74 Å². The van der Waals surface area contributed by atoms with E-state index in [-0.39, 0.29) is 16.9 Å². The highest BCUT2D eigenvalue weighted by Gasteiger charge is 2.31. The molecule has 182 valence electrons. The number of hydrogen-bond acceptors (Lipinski definition) is 5. The summed E-state index contributed by atoms with van der Waals surface area (Å²) >= 11 is 0. The number of morpholine rings is 1. The second-order valence-corrected chi connectivity index (χ2v) is 10.8. The van der Waals surface area contributed by atoms with Crippen molar-refractivity contribution >= 4 is 21.6 Å². The molecule has 1 atom stereocenters. The molecule has 0 saturated carbocycles. The Kier molecular flexibility index (Phi) is 6.86. The summed E-state index contributed by atoms with van der Waals surface area (Å²) in [4.78, 5) is 15.3. The molecule has 0 radical (unpaired) electrons. The first-order chi connectivity index (χ1) is 17.0. The molecule has 8 heteroatoms. The van der Waals surface area contributed by atoms with Crippen LogP contribution in [0, 0.1) is 0 Å². The number of ether oxygens (including phenoxy) is 1. The highest BCUT2D eigenvalue weighted by atomic mass is 32.2. The SMILES string of the molecule is O=C(NC[C@@H]1CN(Cc2ccccc2)CCO1)c1cccc(S(=O)(=O)N2CCc3ccccc32)c1. The summed E-state index contributed by atoms with van der Waals surface area (Å²) in [5, 5.41) is 2.92. The fourth-order valence-electron chi connectivity index (χ4n) is 4.68. The van der Waals surface area contributed by atoms with Gasteiger partial charge < -0.3 is 10.1 Å². The fourth-order valence-corrected chi connectivity index (χ4v) is 6.23. The molecule has 2 aliphatic heterocycles. The molecular weight excluding hydrogens is 462 g/mol. The van der Waals surface area contributed by atoms with Gasteiger partial charge in [-0.1, -0.05) is 54.6 Å². The number of benzene rings is 3. The van der Waals surface area contributed by atoms with Gasteiger partial charge in [0.15, 0.2) is 0 Å². The van der Waals surface area contributed by atoms with Crippen LogP contribution in [0.1, 0.15) is 21.5 Å². The van der Waals surface area contributed by atoms with E-state index in [9.17, 15) is 13.2 Å². The smallest absolute Gasteiger partial charge is 0.264 e. The summed E-state index contributed by atoms with van der Waals surface area (Å²) in [5.74, 6) is -0.312. The lowest BCUT2D eigenvalue weighted by molar-refractivity contribution is -0.0292. The second-order valence-electron chi connectivity index (χ2n) is 8.91. The maximum absolute atomic E-state index is 13.3. The van der Waals surface area contributed by atoms with Gasteiger partial charge in [-0.25, -0.2) is 8.42 Å². The van der Waals surface area contributed by atoms with Gasteiger partial charge in [0.1, 0.15) is 0 Å². The molecule has 0 bridgehead atoms. The number of para-hydroxylation sites is 1. The minimum absolute atomic E-state index is 0.116. The number of amides is 1. The Morgan fingerprint density at radius 3 is 2.63 bits per heavy atom. The number of fused-ring (bicyclic) bond motifs is 1. The van der Waals surface area contributed by atoms with Crippen molar-refractivity contribution in [3.63, 3.8) is 0 Å². The Balaban J connectivity index is 1.22. The van der Waals surface area contributed by atoms with Gasteiger partial charge >= 0.3 is 0 Å². The normalized spacial score (nSPS) is 18.3. The van der Waals surface area contributed by atoms with E-state index in [0.717, 1.165) is 25.2 Å². The van der Waals surface area contributed by atoms with E-state index < -0.39 is 10.0 Å². The van der Waals surface area contributed by atoms with Crippen molar-refractivity contribution < 1.29 is 17.9 Å². The summed E-state index contributed by atoms with van der Waals surface area (Å²) in [6, 6.07) is 24.0. The molecule has 2 aliphatic rings. The second kappa shape index (κ2) is 10.2. The monoisotopic (exact) mass is 491 g/mol. The first-order valence-electron chi connectivity index (χ1n) is 11.9. The number of hydrogen-bond donors (Lipinski definition) is 1. The van der Waals surface area contributed by atoms with Gasteiger partial charge in [-0.15, -0.1) is 0 Å². The molecule has 3 aromatic rings. The van der Waals surface area contributed by atoms with E-state index in [1.54, 1.807) is 18.2 Å². The number of nitrogens with zero attached hydrogens (tertiary/aromatic N) is 2. The molecule has 0 aliphatic carbocycles. The van der Waals surface area contributed by atoms with Crippen LogP contribution in [0.4, 0.5) is 5.69 Å². The molecular formula is C27H29N3O4S. The Labute approximate surface area is 206 Å². The molecule has 0 unspecified atom stereocenters. The van der Waals surface area contributed by atoms with Crippen LogP contribution in [0.3, 0.4) is 0 Å². The van der Waals surface area contributed by atoms with Gasteiger partial charge in [0.2, 0.25) is 0 Å². The highest BCUT2D eigenvalue weighted by Crippen LogP contribution is 2.32. The quantitative estimate of drug-likeness (QED) is 0.550. The summed E-state index contributed by atoms with van der Waals surface area (Å²) in [6.07, 6.45) is 0.558. The topological polar surface area (TPSA) is 79.0 Å². The standard InChI is InChI=1S/C27H29N3O4S/c31-27(28-18-24-20-29(15-16-34-24)19-21-7-2-1-3-8-21)23-10-6-11-25(17-23)35(32,33)30-14-13-22-9-4-5-12-26(22)30/h1-12,17,24H,13-16,18-20H2,(H,28,31)/t24-/m1/s1. The maximum Gasteiger partial charge on any atom is 0.264 e. The third kappa shape index (κ3) is 5.24. The van der Waals surface area contributed by atoms with Crippen LogP contribution in [-0.2, 0) is 27.7 Å². The van der Waals surface area contributed by atoms with E-state index in [0.29, 0.717) is 37.4 Å². The van der Waals surface area contributed by atoms with Crippen molar-refractivity contribution in [2.24, 2.45) is 0 Å². The average molecular weight is 492 g/mol. The average Bonchev–Trinajstić information content (AvgIpc) is 3.33. The van der Waals surface area contributed by atoms with Crippen LogP contribution in [0.25, 0.3) is 0 Å². The molecule has 35 heavy (non-hydrogen) atoms. The Hall–Kier alpha value is -3.20. The lowest BCUT2D eigenvalue weighted by Crippen LogP contribution is -2.47. The number of nitrogens with one attached hydrogen (secondary N) is 1. The van der Waals surface area contributed by atoms with Crippen LogP contribution >= 0.6 is 0 Å². The number of carbonyl (C=O) groups excluding carboxylic acids is 1. The van der Waals surface area contributed by atoms with Gasteiger partial charge in [0.05, 0.1) is 23.3 Å². The first kappa shape index (κ1) is 23.5. The van der Waals surface area contributed by atoms with Gasteiger partial charge in [-0.3, -0.25) is 14.0 Å². The van der Waals surface area contributed by atoms with Crippen molar-refractivity contribution in [2.45, 2.75) is 24.0 Å². The minimum atomic E-state index is -3.76. The van der Waals surface area contributed by atoms with Gasteiger partial charge in [0.25, 0.3) is 15.9 Å². The van der Waals surface area contributed by atoms with Crippen LogP contribution in [0.5, 0.6) is 0 Å². The summed E-state index contributed by atoms with van der Waals surface area (Å²) in [5.41, 5.74) is 3.28. The van der Waals surface area contributed by atoms with Gasteiger partial charge in [-0.2, -0.15) is 0 Å². The third-order valence-corrected chi connectivity index (χ3v) is 8.30. The predicted octanol–water partition coefficient (Wildman–Crippen LogP) is 3.07. The summed E-state index contributed by atoms with van der Waals surface area (Å²) < 4.78 is 33.9. The van der Waals surface area contributed by atoms with Crippen molar-refractivity contribution in [3.05, 3.63) is 95.6 Å². The zero-order valence-corrected chi connectivity index (χ0v) is 20.3. The van der Waals surface area contributed by atoms with Crippen molar-refractivity contribution in [1.82, 2.24) is 10.2 Å². The minimum Gasteiger partial charge on any atom is -0.374 e. The maximum atomic E-state index is 13.3. The van der Waals surface area contributed by atoms with Crippen LogP contribution in [0.2, 0.25) is 0 Å². The Morgan fingerprint density at radius 2 is 1.77 bits per heavy atom. The molecule has 0 aromatic heterocycles. The van der Waals surface area contributed by atoms with Crippen molar-refractivity contribution in [1.29, 1.82) is 0 Å². The zero-order chi connectivity index (χ0) is 24.3. The van der Waals surface area contributed by atoms with E-state index in [1.807, 2.05) is 42.5 Å². The number of anilines is 1. The Bertz CT molecular complexity index is 1300. The van der Waals surface area contributed by atoms with E-state index in [2.05, 4.69) is 22.3 Å². The fraction of sp³-hybridized carbons (Fsp3) is 0.296. The molecule has 3 aromatic carbocycles. The molecule has 7 nitrogen and oxygen atoms in total. The predicted molar refractivity (Wildman–Crippen MR) is 135 cm³/mol. The molecule has 5 rings (SSSR count). The highest BCUT2D eigenvalue weighted by molar-refractivity contribution is 7.92. The van der Waals surface area contributed by atoms with Gasteiger partial charge in [-0.05, 0) is 41.8 Å². The van der Waals surface area contributed by atoms with Crippen LogP contribution in [0.15, 0.2) is 83.8 Å². The molecule has 1 N–H and O–H groups in total. The molecule has 0 spiro atoms. The molecule has 1 saturated heterocycles. The van der Waals surface area contributed by atoms with Crippen LogP contribution < -0.4 is 9.62 Å². The number of sulfonamides is 1. The summed E-state index contributed by atoms with van der Waals surface area (Å²) in [6.45, 7) is 3.78. The van der Waals surface area contributed by atoms with Crippen molar-refractivity contribution in [2.75, 3.05) is 37.1 Å². The van der Waals surface area contributed by atoms with E-state index >= 15 is 0 Å². The number of rotatable bonds is 7. The third-order valence-electron chi connectivity index (χ3n) is 6.49. The molecule has 1 amide bonds. The first-order valence-corrected chi connectivity index (χ1v) is 13.3. The molecule has 2 heterocycles. The largest absolute Gasteiger partial charge is 0.374 e. The summed E-state index contributed by atoms with van der Waals surface area (Å²) in [7, 11) is -3.76. The van der Waals surface area contributed by atoms with Crippen LogP contribution in [-0.4, -0.2) is 58.1 Å². The Morgan fingerprint density at radius 1 is 0.971 bits per heavy atom. The molecule has 1 fully saturated rings. The zero-order valence-electron chi connectivity index (χ0n) is 19.5. The van der Waals surface area contributed by atoms with Crippen molar-refractivity contribution in [3.8, 4) is 0 Å². The van der Waals surface area contributed by atoms with E-state index in [1.165, 1.54) is 15.9 Å². The number of carbonyl (C=O) groups is 1. The lowest BCUT2D eigenvalue weighted by atomic mass is 10.2. The lowest BCUT2D eigenvalue weighted by Gasteiger charge is -2.33. The van der Waals surface area contributed by atoms with Gasteiger partial charge in [0, 0.05) is 38.3 Å².